The first kappa shape index (κ1) is 14.1. The van der Waals surface area contributed by atoms with Crippen molar-refractivity contribution in [2.75, 3.05) is 0 Å². The van der Waals surface area contributed by atoms with Gasteiger partial charge in [0.25, 0.3) is 0 Å². The predicted molar refractivity (Wildman–Crippen MR) is 82.8 cm³/mol. The Hall–Kier alpha value is -0.350. The summed E-state index contributed by atoms with van der Waals surface area (Å²) in [6, 6.07) is 7.18. The third-order valence-corrected chi connectivity index (χ3v) is 5.10. The van der Waals surface area contributed by atoms with E-state index in [1.165, 1.54) is 23.3 Å². The molecule has 2 aromatic heterocycles. The Morgan fingerprint density at radius 1 is 1.39 bits per heavy atom. The molecule has 0 aliphatic heterocycles. The maximum atomic E-state index is 5.99. The Labute approximate surface area is 122 Å². The van der Waals surface area contributed by atoms with Crippen LogP contribution >= 0.6 is 34.3 Å². The normalized spacial score (nSPS) is 14.6. The molecule has 0 bridgehead atoms. The van der Waals surface area contributed by atoms with Gasteiger partial charge in [0.05, 0.1) is 4.34 Å². The molecule has 0 saturated carbocycles. The molecule has 98 valence electrons. The molecule has 1 N–H and O–H groups in total. The monoisotopic (exact) mass is 299 g/mol. The van der Waals surface area contributed by atoms with Crippen molar-refractivity contribution < 1.29 is 0 Å². The van der Waals surface area contributed by atoms with Crippen LogP contribution in [0.4, 0.5) is 0 Å². The van der Waals surface area contributed by atoms with Gasteiger partial charge >= 0.3 is 0 Å². The van der Waals surface area contributed by atoms with Crippen molar-refractivity contribution in [3.05, 3.63) is 43.7 Å². The summed E-state index contributed by atoms with van der Waals surface area (Å²) in [5, 5.41) is 7.99. The number of hydrogen-bond donors (Lipinski definition) is 1. The van der Waals surface area contributed by atoms with Gasteiger partial charge in [-0.25, -0.2) is 0 Å². The quantitative estimate of drug-likeness (QED) is 0.726. The van der Waals surface area contributed by atoms with Gasteiger partial charge in [0.1, 0.15) is 0 Å². The predicted octanol–water partition coefficient (Wildman–Crippen LogP) is 5.66. The molecule has 0 aliphatic rings. The highest BCUT2D eigenvalue weighted by Gasteiger charge is 2.16. The van der Waals surface area contributed by atoms with E-state index < -0.39 is 0 Å². The number of rotatable bonds is 6. The van der Waals surface area contributed by atoms with Crippen LogP contribution in [-0.2, 0) is 0 Å². The maximum Gasteiger partial charge on any atom is 0.0931 e. The topological polar surface area (TPSA) is 12.0 Å². The van der Waals surface area contributed by atoms with Crippen LogP contribution in [0.15, 0.2) is 29.0 Å². The molecule has 2 rings (SSSR count). The molecular weight excluding hydrogens is 282 g/mol. The zero-order chi connectivity index (χ0) is 13.0. The number of thiophene rings is 2. The minimum absolute atomic E-state index is 0.340. The van der Waals surface area contributed by atoms with Crippen molar-refractivity contribution >= 4 is 34.3 Å². The van der Waals surface area contributed by atoms with Crippen molar-refractivity contribution in [2.24, 2.45) is 0 Å². The van der Waals surface area contributed by atoms with Gasteiger partial charge in [0.2, 0.25) is 0 Å². The van der Waals surface area contributed by atoms with Gasteiger partial charge < -0.3 is 5.32 Å². The summed E-state index contributed by atoms with van der Waals surface area (Å²) in [7, 11) is 0. The molecule has 0 aliphatic carbocycles. The number of hydrogen-bond acceptors (Lipinski definition) is 3. The second-order valence-electron chi connectivity index (χ2n) is 4.43. The van der Waals surface area contributed by atoms with E-state index in [2.05, 4.69) is 48.1 Å². The smallest absolute Gasteiger partial charge is 0.0931 e. The van der Waals surface area contributed by atoms with Gasteiger partial charge in [-0.1, -0.05) is 31.0 Å². The first-order valence-corrected chi connectivity index (χ1v) is 8.37. The minimum Gasteiger partial charge on any atom is -0.303 e. The summed E-state index contributed by atoms with van der Waals surface area (Å²) in [5.41, 5.74) is 1.28. The standard InChI is InChI=1S/C14H18ClNS2/c1-3-5-12(13-6-4-7-17-13)16-10(2)11-8-14(15)18-9-11/h4,6-10,12,16H,3,5H2,1-2H3. The van der Waals surface area contributed by atoms with Gasteiger partial charge in [-0.05, 0) is 41.8 Å². The molecule has 18 heavy (non-hydrogen) atoms. The van der Waals surface area contributed by atoms with Gasteiger partial charge in [-0.2, -0.15) is 0 Å². The fraction of sp³-hybridized carbons (Fsp3) is 0.429. The van der Waals surface area contributed by atoms with E-state index in [4.69, 9.17) is 11.6 Å². The summed E-state index contributed by atoms with van der Waals surface area (Å²) >= 11 is 9.42. The summed E-state index contributed by atoms with van der Waals surface area (Å²) in [6.45, 7) is 4.43. The Bertz CT molecular complexity index is 464. The second-order valence-corrected chi connectivity index (χ2v) is 6.95. The summed E-state index contributed by atoms with van der Waals surface area (Å²) in [6.07, 6.45) is 2.36. The summed E-state index contributed by atoms with van der Waals surface area (Å²) < 4.78 is 0.863. The van der Waals surface area contributed by atoms with Crippen LogP contribution in [0.25, 0.3) is 0 Å². The average molecular weight is 300 g/mol. The van der Waals surface area contributed by atoms with Gasteiger partial charge in [-0.15, -0.1) is 22.7 Å². The van der Waals surface area contributed by atoms with Crippen molar-refractivity contribution in [1.29, 1.82) is 0 Å². The minimum atomic E-state index is 0.340. The van der Waals surface area contributed by atoms with Crippen molar-refractivity contribution in [2.45, 2.75) is 38.8 Å². The highest BCUT2D eigenvalue weighted by Crippen LogP contribution is 2.29. The molecular formula is C14H18ClNS2. The van der Waals surface area contributed by atoms with Crippen molar-refractivity contribution in [3.8, 4) is 0 Å². The second kappa shape index (κ2) is 6.71. The van der Waals surface area contributed by atoms with E-state index in [-0.39, 0.29) is 0 Å². The summed E-state index contributed by atoms with van der Waals surface area (Å²) in [5.74, 6) is 0. The van der Waals surface area contributed by atoms with Crippen LogP contribution < -0.4 is 5.32 Å². The van der Waals surface area contributed by atoms with E-state index in [9.17, 15) is 0 Å². The van der Waals surface area contributed by atoms with Gasteiger partial charge in [-0.3, -0.25) is 0 Å². The molecule has 2 atom stereocenters. The van der Waals surface area contributed by atoms with Crippen LogP contribution in [0.2, 0.25) is 4.34 Å². The molecule has 1 nitrogen and oxygen atoms in total. The lowest BCUT2D eigenvalue weighted by molar-refractivity contribution is 0.445. The third-order valence-electron chi connectivity index (χ3n) is 3.00. The fourth-order valence-electron chi connectivity index (χ4n) is 2.03. The lowest BCUT2D eigenvalue weighted by Gasteiger charge is -2.21. The lowest BCUT2D eigenvalue weighted by atomic mass is 10.1. The zero-order valence-corrected chi connectivity index (χ0v) is 13.0. The fourth-order valence-corrected chi connectivity index (χ4v) is 3.84. The first-order chi connectivity index (χ1) is 8.70. The molecule has 0 radical (unpaired) electrons. The highest BCUT2D eigenvalue weighted by molar-refractivity contribution is 7.14. The van der Waals surface area contributed by atoms with E-state index in [1.807, 2.05) is 11.3 Å². The molecule has 0 aromatic carbocycles. The lowest BCUT2D eigenvalue weighted by Crippen LogP contribution is -2.23. The number of nitrogens with one attached hydrogen (secondary N) is 1. The van der Waals surface area contributed by atoms with E-state index in [1.54, 1.807) is 11.3 Å². The molecule has 2 heterocycles. The van der Waals surface area contributed by atoms with E-state index in [0.29, 0.717) is 12.1 Å². The summed E-state index contributed by atoms with van der Waals surface area (Å²) in [4.78, 5) is 1.42. The Morgan fingerprint density at radius 2 is 2.22 bits per heavy atom. The van der Waals surface area contributed by atoms with Gasteiger partial charge in [0.15, 0.2) is 0 Å². The molecule has 0 fully saturated rings. The number of halogens is 1. The van der Waals surface area contributed by atoms with Crippen LogP contribution in [-0.4, -0.2) is 0 Å². The SMILES string of the molecule is CCCC(NC(C)c1csc(Cl)c1)c1cccs1. The maximum absolute atomic E-state index is 5.99. The molecule has 0 spiro atoms. The molecule has 0 amide bonds. The molecule has 2 unspecified atom stereocenters. The van der Waals surface area contributed by atoms with E-state index >= 15 is 0 Å². The van der Waals surface area contributed by atoms with Crippen molar-refractivity contribution in [3.63, 3.8) is 0 Å². The average Bonchev–Trinajstić information content (AvgIpc) is 2.98. The molecule has 0 saturated heterocycles. The first-order valence-electron chi connectivity index (χ1n) is 6.24. The van der Waals surface area contributed by atoms with E-state index in [0.717, 1.165) is 4.34 Å². The van der Waals surface area contributed by atoms with Crippen LogP contribution in [0, 0.1) is 0 Å². The largest absolute Gasteiger partial charge is 0.303 e. The molecule has 2 aromatic rings. The third kappa shape index (κ3) is 3.58. The van der Waals surface area contributed by atoms with Crippen molar-refractivity contribution in [1.82, 2.24) is 5.32 Å². The van der Waals surface area contributed by atoms with Crippen LogP contribution in [0.1, 0.15) is 49.2 Å². The zero-order valence-electron chi connectivity index (χ0n) is 10.7. The molecule has 4 heteroatoms. The van der Waals surface area contributed by atoms with Crippen LogP contribution in [0.5, 0.6) is 0 Å². The van der Waals surface area contributed by atoms with Gasteiger partial charge in [0, 0.05) is 17.0 Å². The Kier molecular flexibility index (Phi) is 5.25. The Balaban J connectivity index is 2.05. The Morgan fingerprint density at radius 3 is 2.78 bits per heavy atom. The highest BCUT2D eigenvalue weighted by atomic mass is 35.5. The van der Waals surface area contributed by atoms with Crippen LogP contribution in [0.3, 0.4) is 0 Å².